The zero-order valence-corrected chi connectivity index (χ0v) is 16.5. The molecule has 0 bridgehead atoms. The molecule has 0 aliphatic carbocycles. The summed E-state index contributed by atoms with van der Waals surface area (Å²) in [6.07, 6.45) is -1.47. The molecule has 10 heteroatoms. The Labute approximate surface area is 179 Å². The Hall–Kier alpha value is -3.59. The topological polar surface area (TPSA) is 68.5 Å². The van der Waals surface area contributed by atoms with E-state index in [2.05, 4.69) is 20.1 Å². The molecule has 0 aliphatic rings. The van der Waals surface area contributed by atoms with Crippen molar-refractivity contribution in [1.29, 1.82) is 0 Å². The van der Waals surface area contributed by atoms with Crippen LogP contribution in [0.5, 0.6) is 5.75 Å². The fraction of sp³-hybridized carbons (Fsp3) is 0.0952. The van der Waals surface area contributed by atoms with Crippen LogP contribution in [0, 0.1) is 0 Å². The molecule has 0 radical (unpaired) electrons. The third-order valence-electron chi connectivity index (χ3n) is 4.37. The Bertz CT molecular complexity index is 1240. The molecule has 0 unspecified atom stereocenters. The van der Waals surface area contributed by atoms with Crippen LogP contribution < -0.4 is 10.1 Å². The quantitative estimate of drug-likeness (QED) is 0.461. The maximum atomic E-state index is 12.3. The van der Waals surface area contributed by atoms with E-state index in [0.29, 0.717) is 0 Å². The van der Waals surface area contributed by atoms with Gasteiger partial charge in [-0.3, -0.25) is 4.79 Å². The van der Waals surface area contributed by atoms with E-state index in [1.54, 1.807) is 4.52 Å². The van der Waals surface area contributed by atoms with Gasteiger partial charge >= 0.3 is 6.36 Å². The normalized spacial score (nSPS) is 11.5. The van der Waals surface area contributed by atoms with Gasteiger partial charge in [0, 0.05) is 11.9 Å². The predicted octanol–water partition coefficient (Wildman–Crippen LogP) is 5.13. The summed E-state index contributed by atoms with van der Waals surface area (Å²) in [5.41, 5.74) is 3.69. The molecule has 4 rings (SSSR count). The molecule has 0 saturated heterocycles. The molecule has 6 nitrogen and oxygen atoms in total. The number of hydrogen-bond acceptors (Lipinski definition) is 4. The highest BCUT2D eigenvalue weighted by atomic mass is 35.5. The van der Waals surface area contributed by atoms with Crippen LogP contribution in [-0.2, 0) is 11.2 Å². The van der Waals surface area contributed by atoms with E-state index in [1.807, 2.05) is 42.6 Å². The molecular weight excluding hydrogens is 433 g/mol. The smallest absolute Gasteiger partial charge is 0.404 e. The Kier molecular flexibility index (Phi) is 5.51. The van der Waals surface area contributed by atoms with Crippen LogP contribution in [0.15, 0.2) is 67.1 Å². The van der Waals surface area contributed by atoms with E-state index in [4.69, 9.17) is 11.6 Å². The lowest BCUT2D eigenvalue weighted by Gasteiger charge is -2.12. The Balaban J connectivity index is 1.40. The number of nitrogens with zero attached hydrogens (tertiary/aromatic N) is 3. The van der Waals surface area contributed by atoms with Crippen molar-refractivity contribution in [2.45, 2.75) is 12.8 Å². The van der Waals surface area contributed by atoms with Crippen molar-refractivity contribution in [2.75, 3.05) is 5.32 Å². The zero-order valence-electron chi connectivity index (χ0n) is 15.7. The summed E-state index contributed by atoms with van der Waals surface area (Å²) < 4.78 is 42.4. The summed E-state index contributed by atoms with van der Waals surface area (Å²) in [7, 11) is 0. The van der Waals surface area contributed by atoms with E-state index < -0.39 is 12.1 Å². The maximum absolute atomic E-state index is 12.3. The summed E-state index contributed by atoms with van der Waals surface area (Å²) in [5.74, 6) is -0.870. The van der Waals surface area contributed by atoms with Gasteiger partial charge in [0.25, 0.3) is 0 Å². The third-order valence-corrected chi connectivity index (χ3v) is 4.67. The number of pyridine rings is 1. The molecule has 0 atom stereocenters. The fourth-order valence-corrected chi connectivity index (χ4v) is 3.21. The number of carbonyl (C=O) groups is 1. The minimum absolute atomic E-state index is 0.0852. The number of rotatable bonds is 5. The lowest BCUT2D eigenvalue weighted by molar-refractivity contribution is -0.274. The fourth-order valence-electron chi connectivity index (χ4n) is 2.99. The molecule has 2 aromatic heterocycles. The monoisotopic (exact) mass is 446 g/mol. The van der Waals surface area contributed by atoms with Gasteiger partial charge in [-0.2, -0.15) is 5.10 Å². The van der Waals surface area contributed by atoms with Crippen molar-refractivity contribution in [3.8, 4) is 16.9 Å². The van der Waals surface area contributed by atoms with Gasteiger partial charge in [-0.25, -0.2) is 9.50 Å². The molecule has 31 heavy (non-hydrogen) atoms. The lowest BCUT2D eigenvalue weighted by atomic mass is 10.0. The lowest BCUT2D eigenvalue weighted by Crippen LogP contribution is -2.18. The van der Waals surface area contributed by atoms with Crippen molar-refractivity contribution in [3.05, 3.63) is 77.7 Å². The van der Waals surface area contributed by atoms with Crippen molar-refractivity contribution >= 4 is 28.8 Å². The number of anilines is 1. The number of fused-ring (bicyclic) bond motifs is 1. The van der Waals surface area contributed by atoms with Crippen LogP contribution in [0.3, 0.4) is 0 Å². The first kappa shape index (κ1) is 20.7. The van der Waals surface area contributed by atoms with Crippen LogP contribution in [0.25, 0.3) is 16.8 Å². The number of hydrogen-bond donors (Lipinski definition) is 1. The molecule has 0 spiro atoms. The molecule has 1 amide bonds. The second-order valence-corrected chi connectivity index (χ2v) is 7.00. The van der Waals surface area contributed by atoms with Crippen LogP contribution in [0.4, 0.5) is 18.9 Å². The van der Waals surface area contributed by atoms with Gasteiger partial charge in [0.2, 0.25) is 5.91 Å². The standard InChI is InChI=1S/C21H14ClF3N4O2/c22-17-11-16(5-6-18(17)31-21(23,24)25)28-20(30)9-13-1-3-14(4-2-13)15-7-8-29-19(10-15)26-12-27-29/h1-8,10-12H,9H2,(H,28,30). The molecule has 0 aliphatic heterocycles. The van der Waals surface area contributed by atoms with Gasteiger partial charge in [-0.05, 0) is 47.0 Å². The number of nitrogens with one attached hydrogen (secondary N) is 1. The van der Waals surface area contributed by atoms with Crippen LogP contribution in [0.1, 0.15) is 5.56 Å². The van der Waals surface area contributed by atoms with E-state index >= 15 is 0 Å². The van der Waals surface area contributed by atoms with Gasteiger partial charge < -0.3 is 10.1 Å². The first-order valence-electron chi connectivity index (χ1n) is 9.01. The van der Waals surface area contributed by atoms with Crippen molar-refractivity contribution in [1.82, 2.24) is 14.6 Å². The van der Waals surface area contributed by atoms with Crippen molar-refractivity contribution < 1.29 is 22.7 Å². The van der Waals surface area contributed by atoms with Crippen molar-refractivity contribution in [3.63, 3.8) is 0 Å². The second kappa shape index (κ2) is 8.27. The van der Waals surface area contributed by atoms with E-state index in [-0.39, 0.29) is 23.0 Å². The zero-order chi connectivity index (χ0) is 22.0. The number of amides is 1. The van der Waals surface area contributed by atoms with Gasteiger partial charge in [0.15, 0.2) is 5.65 Å². The summed E-state index contributed by atoms with van der Waals surface area (Å²) in [5, 5.41) is 6.40. The predicted molar refractivity (Wildman–Crippen MR) is 109 cm³/mol. The SMILES string of the molecule is O=C(Cc1ccc(-c2ccn3ncnc3c2)cc1)Nc1ccc(OC(F)(F)F)c(Cl)c1. The number of ether oxygens (including phenoxy) is 1. The number of benzene rings is 2. The molecule has 0 fully saturated rings. The first-order valence-corrected chi connectivity index (χ1v) is 9.38. The van der Waals surface area contributed by atoms with Gasteiger partial charge in [-0.1, -0.05) is 35.9 Å². The molecule has 1 N–H and O–H groups in total. The molecule has 2 heterocycles. The van der Waals surface area contributed by atoms with E-state index in [9.17, 15) is 18.0 Å². The highest BCUT2D eigenvalue weighted by molar-refractivity contribution is 6.32. The highest BCUT2D eigenvalue weighted by Crippen LogP contribution is 2.32. The Morgan fingerprint density at radius 1 is 1.06 bits per heavy atom. The Morgan fingerprint density at radius 3 is 2.55 bits per heavy atom. The van der Waals surface area contributed by atoms with Crippen LogP contribution >= 0.6 is 11.6 Å². The Morgan fingerprint density at radius 2 is 1.84 bits per heavy atom. The van der Waals surface area contributed by atoms with Gasteiger partial charge in [0.05, 0.1) is 11.4 Å². The average Bonchev–Trinajstić information content (AvgIpc) is 3.17. The van der Waals surface area contributed by atoms with Gasteiger partial charge in [0.1, 0.15) is 12.1 Å². The first-order chi connectivity index (χ1) is 14.8. The molecule has 158 valence electrons. The number of carbonyl (C=O) groups excluding carboxylic acids is 1. The number of aromatic nitrogens is 3. The third kappa shape index (κ3) is 5.13. The molecule has 2 aromatic carbocycles. The summed E-state index contributed by atoms with van der Waals surface area (Å²) >= 11 is 5.80. The summed E-state index contributed by atoms with van der Waals surface area (Å²) in [6, 6.07) is 14.8. The molecular formula is C21H14ClF3N4O2. The average molecular weight is 447 g/mol. The number of alkyl halides is 3. The number of halogens is 4. The summed E-state index contributed by atoms with van der Waals surface area (Å²) in [6.45, 7) is 0. The van der Waals surface area contributed by atoms with E-state index in [1.165, 1.54) is 18.5 Å². The molecule has 0 saturated carbocycles. The van der Waals surface area contributed by atoms with Crippen LogP contribution in [-0.4, -0.2) is 26.9 Å². The van der Waals surface area contributed by atoms with E-state index in [0.717, 1.165) is 28.4 Å². The highest BCUT2D eigenvalue weighted by Gasteiger charge is 2.32. The minimum atomic E-state index is -4.85. The maximum Gasteiger partial charge on any atom is 0.573 e. The molecule has 4 aromatic rings. The second-order valence-electron chi connectivity index (χ2n) is 6.59. The largest absolute Gasteiger partial charge is 0.573 e. The van der Waals surface area contributed by atoms with Gasteiger partial charge in [-0.15, -0.1) is 13.2 Å². The van der Waals surface area contributed by atoms with Crippen molar-refractivity contribution in [2.24, 2.45) is 0 Å². The minimum Gasteiger partial charge on any atom is -0.404 e. The summed E-state index contributed by atoms with van der Waals surface area (Å²) in [4.78, 5) is 16.5. The van der Waals surface area contributed by atoms with Crippen LogP contribution in [0.2, 0.25) is 5.02 Å².